The molecule has 0 radical (unpaired) electrons. The van der Waals surface area contributed by atoms with Gasteiger partial charge in [0.1, 0.15) is 11.9 Å². The van der Waals surface area contributed by atoms with Crippen molar-refractivity contribution in [3.63, 3.8) is 0 Å². The first-order chi connectivity index (χ1) is 9.63. The summed E-state index contributed by atoms with van der Waals surface area (Å²) in [4.78, 5) is 24.6. The predicted molar refractivity (Wildman–Crippen MR) is 68.9 cm³/mol. The number of nitrogens with one attached hydrogen (secondary N) is 1. The first-order valence-corrected chi connectivity index (χ1v) is 6.56. The summed E-state index contributed by atoms with van der Waals surface area (Å²) in [6.07, 6.45) is 5.39. The lowest BCUT2D eigenvalue weighted by molar-refractivity contribution is 0.0931. The molecule has 7 nitrogen and oxygen atoms in total. The van der Waals surface area contributed by atoms with Crippen LogP contribution in [0.1, 0.15) is 59.6 Å². The van der Waals surface area contributed by atoms with E-state index in [1.54, 1.807) is 26.2 Å². The number of aryl methyl sites for hydroxylation is 1. The van der Waals surface area contributed by atoms with Gasteiger partial charge in [-0.25, -0.2) is 9.97 Å². The fraction of sp³-hybridized carbons (Fsp3) is 0.462. The zero-order valence-electron chi connectivity index (χ0n) is 11.3. The highest BCUT2D eigenvalue weighted by Gasteiger charge is 2.26. The van der Waals surface area contributed by atoms with Crippen molar-refractivity contribution in [1.29, 1.82) is 0 Å². The van der Waals surface area contributed by atoms with Gasteiger partial charge in [0.15, 0.2) is 5.82 Å². The van der Waals surface area contributed by atoms with Gasteiger partial charge in [-0.05, 0) is 26.7 Å². The summed E-state index contributed by atoms with van der Waals surface area (Å²) in [6.45, 7) is 3.51. The lowest BCUT2D eigenvalue weighted by Gasteiger charge is -2.09. The molecule has 1 saturated carbocycles. The van der Waals surface area contributed by atoms with E-state index >= 15 is 0 Å². The maximum Gasteiger partial charge on any atom is 0.255 e. The molecule has 1 amide bonds. The number of hydrogen-bond donors (Lipinski definition) is 1. The molecule has 1 atom stereocenters. The topological polar surface area (TPSA) is 93.8 Å². The van der Waals surface area contributed by atoms with Crippen LogP contribution in [0.15, 0.2) is 16.9 Å². The Morgan fingerprint density at radius 2 is 2.10 bits per heavy atom. The molecule has 1 fully saturated rings. The molecule has 2 aromatic heterocycles. The highest BCUT2D eigenvalue weighted by Crippen LogP contribution is 2.37. The van der Waals surface area contributed by atoms with Gasteiger partial charge < -0.3 is 9.84 Å². The molecule has 0 bridgehead atoms. The molecule has 1 N–H and O–H groups in total. The third-order valence-corrected chi connectivity index (χ3v) is 3.14. The van der Waals surface area contributed by atoms with Gasteiger partial charge in [0.25, 0.3) is 5.91 Å². The summed E-state index contributed by atoms with van der Waals surface area (Å²) in [5, 5.41) is 6.47. The minimum atomic E-state index is -0.355. The maximum absolute atomic E-state index is 12.1. The fourth-order valence-corrected chi connectivity index (χ4v) is 1.84. The van der Waals surface area contributed by atoms with E-state index in [1.165, 1.54) is 0 Å². The van der Waals surface area contributed by atoms with Gasteiger partial charge in [-0.2, -0.15) is 4.98 Å². The summed E-state index contributed by atoms with van der Waals surface area (Å²) in [6, 6.07) is -0.355. The quantitative estimate of drug-likeness (QED) is 0.908. The van der Waals surface area contributed by atoms with E-state index in [1.807, 2.05) is 0 Å². The second-order valence-corrected chi connectivity index (χ2v) is 4.98. The van der Waals surface area contributed by atoms with E-state index in [2.05, 4.69) is 25.4 Å². The minimum absolute atomic E-state index is 0.254. The average molecular weight is 273 g/mol. The van der Waals surface area contributed by atoms with Crippen LogP contribution in [-0.2, 0) is 0 Å². The van der Waals surface area contributed by atoms with Crippen molar-refractivity contribution in [3.05, 3.63) is 35.5 Å². The van der Waals surface area contributed by atoms with E-state index in [0.29, 0.717) is 23.2 Å². The minimum Gasteiger partial charge on any atom is -0.340 e. The molecule has 0 aromatic carbocycles. The van der Waals surface area contributed by atoms with E-state index in [4.69, 9.17) is 4.52 Å². The standard InChI is InChI=1S/C13H15N5O2/c1-7(13-17-8(2)18-20-13)16-12(19)10-5-14-11(15-6-10)9-3-4-9/h5-7,9H,3-4H2,1-2H3,(H,16,19)/t7-/m1/s1. The lowest BCUT2D eigenvalue weighted by atomic mass is 10.2. The summed E-state index contributed by atoms with van der Waals surface area (Å²) in [5.74, 6) is 1.97. The normalized spacial score (nSPS) is 15.9. The Hall–Kier alpha value is -2.31. The number of carbonyl (C=O) groups excluding carboxylic acids is 1. The number of nitrogens with zero attached hydrogens (tertiary/aromatic N) is 4. The Morgan fingerprint density at radius 3 is 2.65 bits per heavy atom. The highest BCUT2D eigenvalue weighted by molar-refractivity contribution is 5.93. The molecule has 3 rings (SSSR count). The number of amides is 1. The van der Waals surface area contributed by atoms with Crippen LogP contribution in [0, 0.1) is 6.92 Å². The van der Waals surface area contributed by atoms with Crippen molar-refractivity contribution >= 4 is 5.91 Å². The van der Waals surface area contributed by atoms with Gasteiger partial charge in [-0.3, -0.25) is 4.79 Å². The molecule has 2 heterocycles. The molecule has 0 unspecified atom stereocenters. The summed E-state index contributed by atoms with van der Waals surface area (Å²) >= 11 is 0. The van der Waals surface area contributed by atoms with E-state index in [0.717, 1.165) is 18.7 Å². The largest absolute Gasteiger partial charge is 0.340 e. The Bertz CT molecular complexity index is 618. The first-order valence-electron chi connectivity index (χ1n) is 6.56. The van der Waals surface area contributed by atoms with Crippen LogP contribution in [0.25, 0.3) is 0 Å². The Balaban J connectivity index is 1.66. The third kappa shape index (κ3) is 2.66. The maximum atomic E-state index is 12.1. The van der Waals surface area contributed by atoms with E-state index in [9.17, 15) is 4.79 Å². The van der Waals surface area contributed by atoms with Gasteiger partial charge in [0.2, 0.25) is 5.89 Å². The van der Waals surface area contributed by atoms with Crippen molar-refractivity contribution < 1.29 is 9.32 Å². The average Bonchev–Trinajstić information content (AvgIpc) is 3.20. The van der Waals surface area contributed by atoms with Crippen LogP contribution < -0.4 is 5.32 Å². The summed E-state index contributed by atoms with van der Waals surface area (Å²) in [5.41, 5.74) is 0.428. The van der Waals surface area contributed by atoms with Crippen molar-refractivity contribution in [2.24, 2.45) is 0 Å². The smallest absolute Gasteiger partial charge is 0.255 e. The Labute approximate surface area is 115 Å². The SMILES string of the molecule is Cc1noc([C@@H](C)NC(=O)c2cnc(C3CC3)nc2)n1. The molecular formula is C13H15N5O2. The Morgan fingerprint density at radius 1 is 1.40 bits per heavy atom. The van der Waals surface area contributed by atoms with Gasteiger partial charge in [0, 0.05) is 18.3 Å². The van der Waals surface area contributed by atoms with Crippen molar-refractivity contribution in [3.8, 4) is 0 Å². The zero-order chi connectivity index (χ0) is 14.1. The van der Waals surface area contributed by atoms with Crippen LogP contribution in [0.4, 0.5) is 0 Å². The summed E-state index contributed by atoms with van der Waals surface area (Å²) < 4.78 is 5.01. The lowest BCUT2D eigenvalue weighted by Crippen LogP contribution is -2.27. The molecule has 1 aliphatic rings. The Kier molecular flexibility index (Phi) is 3.17. The molecule has 20 heavy (non-hydrogen) atoms. The van der Waals surface area contributed by atoms with Crippen LogP contribution in [0.2, 0.25) is 0 Å². The zero-order valence-corrected chi connectivity index (χ0v) is 11.3. The van der Waals surface area contributed by atoms with Crippen molar-refractivity contribution in [1.82, 2.24) is 25.4 Å². The molecule has 7 heteroatoms. The molecular weight excluding hydrogens is 258 g/mol. The third-order valence-electron chi connectivity index (χ3n) is 3.14. The van der Waals surface area contributed by atoms with Crippen molar-refractivity contribution in [2.45, 2.75) is 38.6 Å². The highest BCUT2D eigenvalue weighted by atomic mass is 16.5. The number of carbonyl (C=O) groups is 1. The number of aromatic nitrogens is 4. The van der Waals surface area contributed by atoms with E-state index < -0.39 is 0 Å². The van der Waals surface area contributed by atoms with Gasteiger partial charge in [0.05, 0.1) is 5.56 Å². The predicted octanol–water partition coefficient (Wildman–Crippen LogP) is 1.54. The van der Waals surface area contributed by atoms with Gasteiger partial charge >= 0.3 is 0 Å². The molecule has 1 aliphatic carbocycles. The molecule has 0 aliphatic heterocycles. The van der Waals surface area contributed by atoms with Crippen LogP contribution >= 0.6 is 0 Å². The summed E-state index contributed by atoms with van der Waals surface area (Å²) in [7, 11) is 0. The molecule has 0 spiro atoms. The monoisotopic (exact) mass is 273 g/mol. The van der Waals surface area contributed by atoms with Crippen LogP contribution in [-0.4, -0.2) is 26.0 Å². The fourth-order valence-electron chi connectivity index (χ4n) is 1.84. The molecule has 0 saturated heterocycles. The molecule has 2 aromatic rings. The van der Waals surface area contributed by atoms with Crippen LogP contribution in [0.5, 0.6) is 0 Å². The second-order valence-electron chi connectivity index (χ2n) is 4.98. The van der Waals surface area contributed by atoms with Crippen molar-refractivity contribution in [2.75, 3.05) is 0 Å². The van der Waals surface area contributed by atoms with Gasteiger partial charge in [-0.15, -0.1) is 0 Å². The molecule has 104 valence electrons. The number of rotatable bonds is 4. The second kappa shape index (κ2) is 4.99. The number of hydrogen-bond acceptors (Lipinski definition) is 6. The van der Waals surface area contributed by atoms with E-state index in [-0.39, 0.29) is 11.9 Å². The first kappa shape index (κ1) is 12.7. The van der Waals surface area contributed by atoms with Gasteiger partial charge in [-0.1, -0.05) is 5.16 Å². The van der Waals surface area contributed by atoms with Crippen LogP contribution in [0.3, 0.4) is 0 Å².